The topological polar surface area (TPSA) is 23.8 Å². The second-order valence-electron chi connectivity index (χ2n) is 4.76. The lowest BCUT2D eigenvalue weighted by molar-refractivity contribution is 0.281. The van der Waals surface area contributed by atoms with Crippen LogP contribution >= 0.6 is 0 Å². The maximum Gasteiger partial charge on any atom is 0.0946 e. The van der Waals surface area contributed by atoms with E-state index in [0.29, 0.717) is 5.92 Å². The normalized spacial score (nSPS) is 29.9. The molecule has 0 aromatic rings. The molecule has 0 aromatic heterocycles. The summed E-state index contributed by atoms with van der Waals surface area (Å²) in [5.74, 6) is 2.10. The van der Waals surface area contributed by atoms with Gasteiger partial charge in [0.1, 0.15) is 0 Å². The second-order valence-corrected chi connectivity index (χ2v) is 4.76. The largest absolute Gasteiger partial charge is 0.193 e. The molecule has 14 heavy (non-hydrogen) atoms. The molecule has 78 valence electrons. The molecule has 1 rings (SSSR count). The highest BCUT2D eigenvalue weighted by Crippen LogP contribution is 2.37. The van der Waals surface area contributed by atoms with E-state index in [4.69, 9.17) is 5.26 Å². The summed E-state index contributed by atoms with van der Waals surface area (Å²) in [6.07, 6.45) is 3.52. The van der Waals surface area contributed by atoms with E-state index in [2.05, 4.69) is 33.8 Å². The lowest BCUT2D eigenvalue weighted by atomic mass is 9.73. The van der Waals surface area contributed by atoms with Gasteiger partial charge in [-0.3, -0.25) is 0 Å². The predicted molar refractivity (Wildman–Crippen MR) is 59.7 cm³/mol. The van der Waals surface area contributed by atoms with Gasteiger partial charge in [-0.2, -0.15) is 5.26 Å². The van der Waals surface area contributed by atoms with Crippen molar-refractivity contribution in [3.05, 3.63) is 11.1 Å². The Bertz CT molecular complexity index is 269. The SMILES string of the molecule is CCC(C)C1CC(C#N)=C(C)C(C)C1. The second kappa shape index (κ2) is 4.64. The maximum absolute atomic E-state index is 9.04. The maximum atomic E-state index is 9.04. The first kappa shape index (κ1) is 11.3. The lowest BCUT2D eigenvalue weighted by Gasteiger charge is -2.31. The van der Waals surface area contributed by atoms with Crippen LogP contribution in [0, 0.1) is 29.1 Å². The van der Waals surface area contributed by atoms with Gasteiger partial charge in [-0.05, 0) is 37.5 Å². The molecule has 0 radical (unpaired) electrons. The van der Waals surface area contributed by atoms with Gasteiger partial charge < -0.3 is 0 Å². The summed E-state index contributed by atoms with van der Waals surface area (Å²) in [4.78, 5) is 0. The Morgan fingerprint density at radius 2 is 2.21 bits per heavy atom. The number of nitriles is 1. The number of rotatable bonds is 2. The quantitative estimate of drug-likeness (QED) is 0.649. The van der Waals surface area contributed by atoms with Crippen molar-refractivity contribution in [2.75, 3.05) is 0 Å². The summed E-state index contributed by atoms with van der Waals surface area (Å²) in [5, 5.41) is 9.04. The van der Waals surface area contributed by atoms with Crippen molar-refractivity contribution in [2.45, 2.75) is 47.0 Å². The smallest absolute Gasteiger partial charge is 0.0946 e. The van der Waals surface area contributed by atoms with Gasteiger partial charge in [-0.15, -0.1) is 0 Å². The van der Waals surface area contributed by atoms with Crippen LogP contribution in [-0.2, 0) is 0 Å². The first-order valence-electron chi connectivity index (χ1n) is 5.69. The Balaban J connectivity index is 2.80. The van der Waals surface area contributed by atoms with Crippen LogP contribution in [0.2, 0.25) is 0 Å². The van der Waals surface area contributed by atoms with Crippen molar-refractivity contribution >= 4 is 0 Å². The number of nitrogens with zero attached hydrogens (tertiary/aromatic N) is 1. The average Bonchev–Trinajstić information content (AvgIpc) is 2.20. The zero-order chi connectivity index (χ0) is 10.7. The molecule has 0 saturated carbocycles. The Morgan fingerprint density at radius 3 is 2.71 bits per heavy atom. The summed E-state index contributed by atoms with van der Waals surface area (Å²) in [6.45, 7) is 8.93. The molecule has 0 bridgehead atoms. The first-order valence-corrected chi connectivity index (χ1v) is 5.69. The molecule has 0 N–H and O–H groups in total. The molecular formula is C13H21N. The third-order valence-electron chi connectivity index (χ3n) is 3.92. The fourth-order valence-electron chi connectivity index (χ4n) is 2.34. The Labute approximate surface area is 87.8 Å². The summed E-state index contributed by atoms with van der Waals surface area (Å²) in [5.41, 5.74) is 2.38. The van der Waals surface area contributed by atoms with Crippen molar-refractivity contribution in [1.29, 1.82) is 5.26 Å². The molecule has 1 aliphatic rings. The van der Waals surface area contributed by atoms with Crippen LogP contribution in [-0.4, -0.2) is 0 Å². The zero-order valence-corrected chi connectivity index (χ0v) is 9.80. The van der Waals surface area contributed by atoms with E-state index >= 15 is 0 Å². The molecule has 3 atom stereocenters. The van der Waals surface area contributed by atoms with Crippen molar-refractivity contribution in [2.24, 2.45) is 17.8 Å². The highest BCUT2D eigenvalue weighted by atomic mass is 14.3. The fourth-order valence-corrected chi connectivity index (χ4v) is 2.34. The highest BCUT2D eigenvalue weighted by Gasteiger charge is 2.26. The van der Waals surface area contributed by atoms with E-state index in [0.717, 1.165) is 23.8 Å². The van der Waals surface area contributed by atoms with E-state index in [1.54, 1.807) is 0 Å². The summed E-state index contributed by atoms with van der Waals surface area (Å²) in [6, 6.07) is 2.37. The van der Waals surface area contributed by atoms with Crippen LogP contribution in [0.1, 0.15) is 47.0 Å². The fraction of sp³-hybridized carbons (Fsp3) is 0.769. The van der Waals surface area contributed by atoms with Crippen LogP contribution in [0.25, 0.3) is 0 Å². The van der Waals surface area contributed by atoms with Gasteiger partial charge in [0.2, 0.25) is 0 Å². The predicted octanol–water partition coefficient (Wildman–Crippen LogP) is 3.92. The third kappa shape index (κ3) is 2.18. The number of allylic oxidation sites excluding steroid dienone is 2. The van der Waals surface area contributed by atoms with Gasteiger partial charge >= 0.3 is 0 Å². The lowest BCUT2D eigenvalue weighted by Crippen LogP contribution is -2.21. The molecule has 0 aromatic carbocycles. The summed E-state index contributed by atoms with van der Waals surface area (Å²) < 4.78 is 0. The van der Waals surface area contributed by atoms with E-state index in [1.807, 2.05) is 0 Å². The molecule has 0 fully saturated rings. The molecule has 0 saturated heterocycles. The monoisotopic (exact) mass is 191 g/mol. The highest BCUT2D eigenvalue weighted by molar-refractivity contribution is 5.30. The minimum absolute atomic E-state index is 0.609. The van der Waals surface area contributed by atoms with Crippen LogP contribution in [0.4, 0.5) is 0 Å². The molecule has 0 amide bonds. The Morgan fingerprint density at radius 1 is 1.57 bits per heavy atom. The summed E-state index contributed by atoms with van der Waals surface area (Å²) in [7, 11) is 0. The molecule has 1 nitrogen and oxygen atoms in total. The van der Waals surface area contributed by atoms with Crippen LogP contribution in [0.15, 0.2) is 11.1 Å². The zero-order valence-electron chi connectivity index (χ0n) is 9.80. The van der Waals surface area contributed by atoms with E-state index in [9.17, 15) is 0 Å². The van der Waals surface area contributed by atoms with Crippen LogP contribution in [0.3, 0.4) is 0 Å². The molecule has 0 heterocycles. The van der Waals surface area contributed by atoms with Gasteiger partial charge in [0, 0.05) is 5.57 Å². The standard InChI is InChI=1S/C13H21N/c1-5-9(2)12-6-10(3)11(4)13(7-12)8-14/h9-10,12H,5-7H2,1-4H3. The van der Waals surface area contributed by atoms with Gasteiger partial charge in [0.25, 0.3) is 0 Å². The van der Waals surface area contributed by atoms with Crippen molar-refractivity contribution in [1.82, 2.24) is 0 Å². The van der Waals surface area contributed by atoms with Crippen molar-refractivity contribution in [3.63, 3.8) is 0 Å². The van der Waals surface area contributed by atoms with Gasteiger partial charge in [-0.1, -0.05) is 32.8 Å². The number of hydrogen-bond donors (Lipinski definition) is 0. The van der Waals surface area contributed by atoms with E-state index in [-0.39, 0.29) is 0 Å². The van der Waals surface area contributed by atoms with Crippen molar-refractivity contribution < 1.29 is 0 Å². The van der Waals surface area contributed by atoms with Crippen molar-refractivity contribution in [3.8, 4) is 6.07 Å². The average molecular weight is 191 g/mol. The third-order valence-corrected chi connectivity index (χ3v) is 3.92. The molecule has 3 unspecified atom stereocenters. The Hall–Kier alpha value is -0.770. The summed E-state index contributed by atoms with van der Waals surface area (Å²) >= 11 is 0. The minimum Gasteiger partial charge on any atom is -0.193 e. The van der Waals surface area contributed by atoms with Gasteiger partial charge in [-0.25, -0.2) is 0 Å². The minimum atomic E-state index is 0.609. The molecular weight excluding hydrogens is 170 g/mol. The Kier molecular flexibility index (Phi) is 3.75. The number of hydrogen-bond acceptors (Lipinski definition) is 1. The molecule has 0 aliphatic heterocycles. The van der Waals surface area contributed by atoms with Crippen LogP contribution in [0.5, 0.6) is 0 Å². The molecule has 0 spiro atoms. The van der Waals surface area contributed by atoms with Gasteiger partial charge in [0.05, 0.1) is 6.07 Å². The molecule has 1 heteroatoms. The molecule has 1 aliphatic carbocycles. The van der Waals surface area contributed by atoms with Gasteiger partial charge in [0.15, 0.2) is 0 Å². The van der Waals surface area contributed by atoms with E-state index in [1.165, 1.54) is 18.4 Å². The van der Waals surface area contributed by atoms with Crippen LogP contribution < -0.4 is 0 Å². The first-order chi connectivity index (χ1) is 6.60. The van der Waals surface area contributed by atoms with E-state index < -0.39 is 0 Å².